The average Bonchev–Trinajstić information content (AvgIpc) is 3.00. The maximum absolute atomic E-state index is 12.1. The van der Waals surface area contributed by atoms with Crippen LogP contribution in [0.1, 0.15) is 18.5 Å². The lowest BCUT2D eigenvalue weighted by Crippen LogP contribution is -2.25. The van der Waals surface area contributed by atoms with Crippen molar-refractivity contribution in [2.24, 2.45) is 10.7 Å². The van der Waals surface area contributed by atoms with Crippen LogP contribution in [0, 0.1) is 0 Å². The number of aliphatic imine (C=N–C) groups is 1. The van der Waals surface area contributed by atoms with E-state index in [1.165, 1.54) is 11.3 Å². The van der Waals surface area contributed by atoms with E-state index in [1.54, 1.807) is 18.5 Å². The van der Waals surface area contributed by atoms with Crippen LogP contribution >= 0.6 is 11.3 Å². The van der Waals surface area contributed by atoms with E-state index in [2.05, 4.69) is 30.6 Å². The predicted molar refractivity (Wildman–Crippen MR) is 91.7 cm³/mol. The van der Waals surface area contributed by atoms with Crippen LogP contribution in [0.2, 0.25) is 0 Å². The second kappa shape index (κ2) is 9.16. The Morgan fingerprint density at radius 1 is 1.24 bits per heavy atom. The Morgan fingerprint density at radius 2 is 2.00 bits per heavy atom. The van der Waals surface area contributed by atoms with Gasteiger partial charge in [-0.05, 0) is 25.3 Å². The van der Waals surface area contributed by atoms with Crippen LogP contribution in [0.3, 0.4) is 0 Å². The average molecular weight is 373 g/mol. The van der Waals surface area contributed by atoms with Gasteiger partial charge in [0.1, 0.15) is 6.54 Å². The van der Waals surface area contributed by atoms with Gasteiger partial charge in [-0.25, -0.2) is 19.9 Å². The summed E-state index contributed by atoms with van der Waals surface area (Å²) in [5.41, 5.74) is 6.26. The van der Waals surface area contributed by atoms with Crippen LogP contribution in [0.15, 0.2) is 28.8 Å². The number of aryl methyl sites for hydroxylation is 1. The van der Waals surface area contributed by atoms with Gasteiger partial charge in [0.2, 0.25) is 5.95 Å². The number of unbranched alkanes of at least 4 members (excludes halogenated alkanes) is 1. The number of anilines is 2. The number of hydrogen-bond acceptors (Lipinski definition) is 6. The lowest BCUT2D eigenvalue weighted by Gasteiger charge is -2.04. The normalized spacial score (nSPS) is 12.2. The van der Waals surface area contributed by atoms with Crippen LogP contribution in [-0.2, 0) is 6.42 Å². The van der Waals surface area contributed by atoms with Gasteiger partial charge in [0.25, 0.3) is 0 Å². The zero-order valence-corrected chi connectivity index (χ0v) is 14.1. The molecule has 0 aliphatic heterocycles. The first-order chi connectivity index (χ1) is 11.9. The smallest absolute Gasteiger partial charge is 0.370 e. The molecule has 4 N–H and O–H groups in total. The Labute approximate surface area is 146 Å². The summed E-state index contributed by atoms with van der Waals surface area (Å²) in [5, 5.41) is 7.94. The first-order valence-electron chi connectivity index (χ1n) is 7.51. The molecule has 0 atom stereocenters. The number of nitrogens with two attached hydrogens (primary N) is 1. The van der Waals surface area contributed by atoms with Crippen molar-refractivity contribution in [3.05, 3.63) is 29.5 Å². The van der Waals surface area contributed by atoms with Crippen molar-refractivity contribution in [3.8, 4) is 0 Å². The van der Waals surface area contributed by atoms with Crippen LogP contribution in [-0.4, -0.2) is 40.2 Å². The summed E-state index contributed by atoms with van der Waals surface area (Å²) < 4.78 is 36.2. The Bertz CT molecular complexity index is 673. The van der Waals surface area contributed by atoms with Crippen molar-refractivity contribution in [1.82, 2.24) is 15.0 Å². The van der Waals surface area contributed by atoms with Gasteiger partial charge in [0.15, 0.2) is 11.1 Å². The summed E-state index contributed by atoms with van der Waals surface area (Å²) in [6.45, 7) is -0.571. The highest BCUT2D eigenvalue weighted by Gasteiger charge is 2.26. The minimum Gasteiger partial charge on any atom is -0.370 e. The Balaban J connectivity index is 1.67. The molecule has 0 spiro atoms. The summed E-state index contributed by atoms with van der Waals surface area (Å²) >= 11 is 1.27. The van der Waals surface area contributed by atoms with Crippen molar-refractivity contribution in [3.63, 3.8) is 0 Å². The molecule has 25 heavy (non-hydrogen) atoms. The zero-order valence-electron chi connectivity index (χ0n) is 13.3. The van der Waals surface area contributed by atoms with Gasteiger partial charge in [-0.15, -0.1) is 11.3 Å². The first-order valence-corrected chi connectivity index (χ1v) is 8.39. The van der Waals surface area contributed by atoms with Crippen molar-refractivity contribution in [2.45, 2.75) is 25.4 Å². The van der Waals surface area contributed by atoms with Gasteiger partial charge in [-0.3, -0.25) is 0 Å². The van der Waals surface area contributed by atoms with Gasteiger partial charge in [0.05, 0.1) is 5.69 Å². The second-order valence-corrected chi connectivity index (χ2v) is 5.90. The predicted octanol–water partition coefficient (Wildman–Crippen LogP) is 2.66. The number of nitrogens with zero attached hydrogens (tertiary/aromatic N) is 4. The molecule has 0 aliphatic rings. The maximum atomic E-state index is 12.1. The van der Waals surface area contributed by atoms with Crippen LogP contribution < -0.4 is 16.4 Å². The number of rotatable bonds is 8. The molecule has 0 amide bonds. The van der Waals surface area contributed by atoms with E-state index in [1.807, 2.05) is 5.38 Å². The van der Waals surface area contributed by atoms with E-state index in [0.717, 1.165) is 31.5 Å². The van der Waals surface area contributed by atoms with Gasteiger partial charge in [-0.1, -0.05) is 0 Å². The van der Waals surface area contributed by atoms with Crippen molar-refractivity contribution < 1.29 is 13.2 Å². The fourth-order valence-electron chi connectivity index (χ4n) is 1.82. The molecule has 0 saturated heterocycles. The summed E-state index contributed by atoms with van der Waals surface area (Å²) in [6.07, 6.45) is 1.54. The third kappa shape index (κ3) is 7.79. The molecule has 0 radical (unpaired) electrons. The number of halogens is 3. The van der Waals surface area contributed by atoms with E-state index in [-0.39, 0.29) is 5.96 Å². The number of alkyl halides is 3. The fourth-order valence-corrected chi connectivity index (χ4v) is 2.58. The molecule has 2 heterocycles. The van der Waals surface area contributed by atoms with E-state index in [0.29, 0.717) is 11.1 Å². The second-order valence-electron chi connectivity index (χ2n) is 5.04. The quantitative estimate of drug-likeness (QED) is 0.374. The summed E-state index contributed by atoms with van der Waals surface area (Å²) in [5.74, 6) is 0.293. The van der Waals surface area contributed by atoms with Gasteiger partial charge in [0, 0.05) is 24.3 Å². The largest absolute Gasteiger partial charge is 0.408 e. The highest BCUT2D eigenvalue weighted by Crippen LogP contribution is 2.17. The van der Waals surface area contributed by atoms with E-state index in [4.69, 9.17) is 5.73 Å². The molecule has 0 aromatic carbocycles. The maximum Gasteiger partial charge on any atom is 0.408 e. The number of aromatic nitrogens is 3. The van der Waals surface area contributed by atoms with Crippen LogP contribution in [0.4, 0.5) is 24.3 Å². The van der Waals surface area contributed by atoms with E-state index in [9.17, 15) is 13.2 Å². The molecule has 0 aliphatic carbocycles. The molecule has 0 saturated carbocycles. The van der Waals surface area contributed by atoms with Gasteiger partial charge >= 0.3 is 6.18 Å². The molecular formula is C14H18F3N7S. The number of thiazole rings is 1. The minimum absolute atomic E-state index is 0.301. The Hall–Kier alpha value is -2.43. The van der Waals surface area contributed by atoms with Crippen molar-refractivity contribution in [2.75, 3.05) is 23.7 Å². The standard InChI is InChI=1S/C14H18F3N7S/c15-14(16,17)9-22-11(18)24-13-23-10(8-25-13)4-1-2-5-19-12-20-6-3-7-21-12/h3,6-8H,1-2,4-5,9H2,(H,19,20,21)(H3,18,22,23,24). The lowest BCUT2D eigenvalue weighted by atomic mass is 10.2. The highest BCUT2D eigenvalue weighted by molar-refractivity contribution is 7.13. The molecule has 7 nitrogen and oxygen atoms in total. The molecule has 0 bridgehead atoms. The number of guanidine groups is 1. The number of nitrogens with one attached hydrogen (secondary N) is 2. The molecule has 136 valence electrons. The number of hydrogen-bond donors (Lipinski definition) is 3. The lowest BCUT2D eigenvalue weighted by molar-refractivity contribution is -0.118. The van der Waals surface area contributed by atoms with Crippen LogP contribution in [0.25, 0.3) is 0 Å². The van der Waals surface area contributed by atoms with E-state index < -0.39 is 12.7 Å². The third-order valence-electron chi connectivity index (χ3n) is 2.92. The molecule has 0 unspecified atom stereocenters. The summed E-state index contributed by atoms with van der Waals surface area (Å²) in [4.78, 5) is 15.6. The summed E-state index contributed by atoms with van der Waals surface area (Å²) in [7, 11) is 0. The molecule has 11 heteroatoms. The minimum atomic E-state index is -4.38. The molecule has 2 aromatic rings. The van der Waals surface area contributed by atoms with Crippen molar-refractivity contribution >= 4 is 28.4 Å². The van der Waals surface area contributed by atoms with Gasteiger partial charge in [-0.2, -0.15) is 13.2 Å². The monoisotopic (exact) mass is 373 g/mol. The molecule has 0 fully saturated rings. The zero-order chi connectivity index (χ0) is 18.1. The van der Waals surface area contributed by atoms with Gasteiger partial charge < -0.3 is 16.4 Å². The van der Waals surface area contributed by atoms with Crippen molar-refractivity contribution in [1.29, 1.82) is 0 Å². The molecule has 2 rings (SSSR count). The SMILES string of the molecule is N/C(=N/CC(F)(F)F)Nc1nc(CCCCNc2ncccn2)cs1. The Kier molecular flexibility index (Phi) is 6.92. The molecular weight excluding hydrogens is 355 g/mol. The fraction of sp³-hybridized carbons (Fsp3) is 0.429. The Morgan fingerprint density at radius 3 is 2.72 bits per heavy atom. The van der Waals surface area contributed by atoms with Crippen LogP contribution in [0.5, 0.6) is 0 Å². The molecule has 2 aromatic heterocycles. The highest BCUT2D eigenvalue weighted by atomic mass is 32.1. The van der Waals surface area contributed by atoms with E-state index >= 15 is 0 Å². The third-order valence-corrected chi connectivity index (χ3v) is 3.73. The topological polar surface area (TPSA) is 101 Å². The first kappa shape index (κ1) is 18.9. The summed E-state index contributed by atoms with van der Waals surface area (Å²) in [6, 6.07) is 1.75.